The number of carbonyl (C=O) groups excluding carboxylic acids is 4. The Hall–Kier alpha value is -3.27. The SMILES string of the molecule is COC(=O)c1sccc1NC(=O)C[C@@H]1C(=O)NCCN1C(=O)c1ccc(F)cc1. The Labute approximate surface area is 169 Å². The van der Waals surface area contributed by atoms with Gasteiger partial charge in [0.1, 0.15) is 16.7 Å². The molecule has 152 valence electrons. The number of thiophene rings is 1. The van der Waals surface area contributed by atoms with Crippen LogP contribution in [0.1, 0.15) is 26.5 Å². The third kappa shape index (κ3) is 4.60. The van der Waals surface area contributed by atoms with Crippen molar-refractivity contribution in [1.29, 1.82) is 0 Å². The first kappa shape index (κ1) is 20.5. The predicted molar refractivity (Wildman–Crippen MR) is 103 cm³/mol. The van der Waals surface area contributed by atoms with Crippen molar-refractivity contribution in [3.63, 3.8) is 0 Å². The quantitative estimate of drug-likeness (QED) is 0.717. The van der Waals surface area contributed by atoms with Gasteiger partial charge in [-0.2, -0.15) is 0 Å². The van der Waals surface area contributed by atoms with Crippen molar-refractivity contribution in [2.24, 2.45) is 0 Å². The van der Waals surface area contributed by atoms with Crippen LogP contribution < -0.4 is 10.6 Å². The third-order valence-corrected chi connectivity index (χ3v) is 5.27. The standard InChI is InChI=1S/C19H18FN3O5S/c1-28-19(27)16-13(6-9-29-16)22-15(24)10-14-17(25)21-7-8-23(14)18(26)11-2-4-12(20)5-3-11/h2-6,9,14H,7-8,10H2,1H3,(H,21,25)(H,22,24)/t14-/m1/s1. The number of piperazine rings is 1. The number of ether oxygens (including phenoxy) is 1. The van der Waals surface area contributed by atoms with Gasteiger partial charge < -0.3 is 20.3 Å². The number of amides is 3. The van der Waals surface area contributed by atoms with E-state index in [9.17, 15) is 23.6 Å². The molecule has 0 saturated carbocycles. The lowest BCUT2D eigenvalue weighted by Gasteiger charge is -2.34. The summed E-state index contributed by atoms with van der Waals surface area (Å²) in [6.07, 6.45) is -0.296. The van der Waals surface area contributed by atoms with Crippen LogP contribution in [-0.4, -0.2) is 54.8 Å². The van der Waals surface area contributed by atoms with Crippen LogP contribution in [0.25, 0.3) is 0 Å². The molecule has 10 heteroatoms. The van der Waals surface area contributed by atoms with E-state index in [1.807, 2.05) is 0 Å². The second kappa shape index (κ2) is 8.82. The molecule has 0 radical (unpaired) electrons. The van der Waals surface area contributed by atoms with Crippen molar-refractivity contribution < 1.29 is 28.3 Å². The molecule has 8 nitrogen and oxygen atoms in total. The number of nitrogens with one attached hydrogen (secondary N) is 2. The summed E-state index contributed by atoms with van der Waals surface area (Å²) in [4.78, 5) is 50.9. The van der Waals surface area contributed by atoms with Gasteiger partial charge in [0.05, 0.1) is 19.2 Å². The van der Waals surface area contributed by atoms with Crippen LogP contribution >= 0.6 is 11.3 Å². The summed E-state index contributed by atoms with van der Waals surface area (Å²) >= 11 is 1.11. The van der Waals surface area contributed by atoms with Crippen LogP contribution in [0.3, 0.4) is 0 Å². The van der Waals surface area contributed by atoms with E-state index in [1.165, 1.54) is 24.1 Å². The molecule has 1 atom stereocenters. The first-order valence-electron chi connectivity index (χ1n) is 8.70. The van der Waals surface area contributed by atoms with E-state index >= 15 is 0 Å². The topological polar surface area (TPSA) is 105 Å². The molecular formula is C19H18FN3O5S. The molecule has 2 heterocycles. The summed E-state index contributed by atoms with van der Waals surface area (Å²) in [6.45, 7) is 0.465. The lowest BCUT2D eigenvalue weighted by Crippen LogP contribution is -2.58. The van der Waals surface area contributed by atoms with Gasteiger partial charge in [0.25, 0.3) is 5.91 Å². The van der Waals surface area contributed by atoms with Crippen LogP contribution in [0, 0.1) is 5.82 Å². The highest BCUT2D eigenvalue weighted by molar-refractivity contribution is 7.12. The van der Waals surface area contributed by atoms with Gasteiger partial charge in [-0.05, 0) is 35.7 Å². The molecule has 2 aromatic rings. The van der Waals surface area contributed by atoms with E-state index in [-0.39, 0.29) is 35.6 Å². The van der Waals surface area contributed by atoms with Gasteiger partial charge >= 0.3 is 5.97 Å². The van der Waals surface area contributed by atoms with E-state index in [0.717, 1.165) is 23.5 Å². The number of methoxy groups -OCH3 is 1. The number of hydrogen-bond donors (Lipinski definition) is 2. The predicted octanol–water partition coefficient (Wildman–Crippen LogP) is 1.64. The Morgan fingerprint density at radius 1 is 1.28 bits per heavy atom. The Balaban J connectivity index is 1.74. The fourth-order valence-corrected chi connectivity index (χ4v) is 3.72. The number of carbonyl (C=O) groups is 4. The molecule has 1 fully saturated rings. The van der Waals surface area contributed by atoms with E-state index in [4.69, 9.17) is 0 Å². The second-order valence-electron chi connectivity index (χ2n) is 6.22. The molecule has 0 spiro atoms. The number of rotatable bonds is 5. The van der Waals surface area contributed by atoms with Crippen LogP contribution in [0.5, 0.6) is 0 Å². The maximum Gasteiger partial charge on any atom is 0.350 e. The minimum absolute atomic E-state index is 0.214. The molecule has 1 aromatic heterocycles. The lowest BCUT2D eigenvalue weighted by atomic mass is 10.1. The maximum absolute atomic E-state index is 13.1. The van der Waals surface area contributed by atoms with E-state index < -0.39 is 35.5 Å². The van der Waals surface area contributed by atoms with Gasteiger partial charge in [0.15, 0.2) is 0 Å². The molecule has 1 saturated heterocycles. The highest BCUT2D eigenvalue weighted by atomic mass is 32.1. The number of anilines is 1. The minimum atomic E-state index is -1.03. The van der Waals surface area contributed by atoms with Crippen molar-refractivity contribution in [1.82, 2.24) is 10.2 Å². The van der Waals surface area contributed by atoms with Gasteiger partial charge in [0, 0.05) is 18.7 Å². The van der Waals surface area contributed by atoms with Gasteiger partial charge in [-0.1, -0.05) is 0 Å². The van der Waals surface area contributed by atoms with Crippen molar-refractivity contribution in [3.05, 3.63) is 52.0 Å². The first-order chi connectivity index (χ1) is 13.9. The Kier molecular flexibility index (Phi) is 6.23. The monoisotopic (exact) mass is 419 g/mol. The molecule has 0 bridgehead atoms. The average molecular weight is 419 g/mol. The van der Waals surface area contributed by atoms with Crippen LogP contribution in [0.4, 0.5) is 10.1 Å². The first-order valence-corrected chi connectivity index (χ1v) is 9.58. The summed E-state index contributed by atoms with van der Waals surface area (Å²) in [7, 11) is 1.24. The smallest absolute Gasteiger partial charge is 0.350 e. The zero-order chi connectivity index (χ0) is 21.0. The largest absolute Gasteiger partial charge is 0.465 e. The Bertz CT molecular complexity index is 944. The molecule has 1 aliphatic heterocycles. The van der Waals surface area contributed by atoms with Crippen molar-refractivity contribution in [3.8, 4) is 0 Å². The van der Waals surface area contributed by atoms with Gasteiger partial charge in [-0.15, -0.1) is 11.3 Å². The van der Waals surface area contributed by atoms with Crippen molar-refractivity contribution in [2.75, 3.05) is 25.5 Å². The summed E-state index contributed by atoms with van der Waals surface area (Å²) < 4.78 is 17.8. The molecular weight excluding hydrogens is 401 g/mol. The van der Waals surface area contributed by atoms with E-state index in [2.05, 4.69) is 15.4 Å². The molecule has 3 amide bonds. The third-order valence-electron chi connectivity index (χ3n) is 4.37. The van der Waals surface area contributed by atoms with Crippen molar-refractivity contribution in [2.45, 2.75) is 12.5 Å². The number of benzene rings is 1. The summed E-state index contributed by atoms with van der Waals surface area (Å²) in [5.74, 6) is -2.53. The van der Waals surface area contributed by atoms with Crippen LogP contribution in [0.15, 0.2) is 35.7 Å². The van der Waals surface area contributed by atoms with E-state index in [1.54, 1.807) is 11.4 Å². The average Bonchev–Trinajstić information content (AvgIpc) is 3.17. The minimum Gasteiger partial charge on any atom is -0.465 e. The number of esters is 1. The summed E-state index contributed by atoms with van der Waals surface area (Å²) in [5, 5.41) is 6.84. The highest BCUT2D eigenvalue weighted by Gasteiger charge is 2.35. The maximum atomic E-state index is 13.1. The molecule has 1 aromatic carbocycles. The van der Waals surface area contributed by atoms with Crippen molar-refractivity contribution >= 4 is 40.7 Å². The second-order valence-corrected chi connectivity index (χ2v) is 7.14. The molecule has 3 rings (SSSR count). The molecule has 0 aliphatic carbocycles. The Morgan fingerprint density at radius 3 is 2.69 bits per heavy atom. The number of halogens is 1. The highest BCUT2D eigenvalue weighted by Crippen LogP contribution is 2.24. The molecule has 2 N–H and O–H groups in total. The van der Waals surface area contributed by atoms with Gasteiger partial charge in [0.2, 0.25) is 11.8 Å². The fraction of sp³-hybridized carbons (Fsp3) is 0.263. The molecule has 1 aliphatic rings. The lowest BCUT2D eigenvalue weighted by molar-refractivity contribution is -0.131. The van der Waals surface area contributed by atoms with E-state index in [0.29, 0.717) is 0 Å². The normalized spacial score (nSPS) is 16.1. The fourth-order valence-electron chi connectivity index (χ4n) is 2.95. The van der Waals surface area contributed by atoms with Crippen LogP contribution in [0.2, 0.25) is 0 Å². The van der Waals surface area contributed by atoms with Crippen LogP contribution in [-0.2, 0) is 14.3 Å². The van der Waals surface area contributed by atoms with Gasteiger partial charge in [-0.25, -0.2) is 9.18 Å². The zero-order valence-corrected chi connectivity index (χ0v) is 16.3. The number of nitrogens with zero attached hydrogens (tertiary/aromatic N) is 1. The molecule has 0 unspecified atom stereocenters. The Morgan fingerprint density at radius 2 is 2.00 bits per heavy atom. The zero-order valence-electron chi connectivity index (χ0n) is 15.4. The van der Waals surface area contributed by atoms with Gasteiger partial charge in [-0.3, -0.25) is 14.4 Å². The summed E-state index contributed by atoms with van der Waals surface area (Å²) in [5.41, 5.74) is 0.497. The number of hydrogen-bond acceptors (Lipinski definition) is 6. The summed E-state index contributed by atoms with van der Waals surface area (Å²) in [6, 6.07) is 5.50. The molecule has 29 heavy (non-hydrogen) atoms.